The van der Waals surface area contributed by atoms with Crippen molar-refractivity contribution in [2.24, 2.45) is 5.92 Å². The summed E-state index contributed by atoms with van der Waals surface area (Å²) in [5.74, 6) is 0.815. The Labute approximate surface area is 112 Å². The molecule has 0 spiro atoms. The quantitative estimate of drug-likeness (QED) is 0.748. The number of hydrogen-bond donors (Lipinski definition) is 0. The molecule has 2 heterocycles. The van der Waals surface area contributed by atoms with Gasteiger partial charge in [0, 0.05) is 19.7 Å². The van der Waals surface area contributed by atoms with Crippen LogP contribution in [-0.2, 0) is 4.74 Å². The summed E-state index contributed by atoms with van der Waals surface area (Å²) in [7, 11) is 2.22. The SMILES string of the molecule is CCCN1CCC(OCC2CCN(C)CC2)CC1. The Balaban J connectivity index is 1.57. The Hall–Kier alpha value is -0.120. The van der Waals surface area contributed by atoms with Gasteiger partial charge >= 0.3 is 0 Å². The predicted octanol–water partition coefficient (Wildman–Crippen LogP) is 2.22. The van der Waals surface area contributed by atoms with Gasteiger partial charge < -0.3 is 14.5 Å². The minimum absolute atomic E-state index is 0.540. The molecule has 106 valence electrons. The molecule has 3 heteroatoms. The maximum Gasteiger partial charge on any atom is 0.0599 e. The molecule has 0 amide bonds. The van der Waals surface area contributed by atoms with Crippen LogP contribution in [0.1, 0.15) is 39.0 Å². The van der Waals surface area contributed by atoms with Crippen LogP contribution in [0.5, 0.6) is 0 Å². The van der Waals surface area contributed by atoms with E-state index >= 15 is 0 Å². The highest BCUT2D eigenvalue weighted by Gasteiger charge is 2.22. The smallest absolute Gasteiger partial charge is 0.0599 e. The molecule has 0 aromatic heterocycles. The molecular formula is C15H30N2O. The summed E-state index contributed by atoms with van der Waals surface area (Å²) in [6, 6.07) is 0. The third-order valence-corrected chi connectivity index (χ3v) is 4.48. The zero-order chi connectivity index (χ0) is 12.8. The van der Waals surface area contributed by atoms with Crippen molar-refractivity contribution in [3.05, 3.63) is 0 Å². The summed E-state index contributed by atoms with van der Waals surface area (Å²) in [4.78, 5) is 5.01. The van der Waals surface area contributed by atoms with Crippen molar-refractivity contribution < 1.29 is 4.74 Å². The number of rotatable bonds is 5. The highest BCUT2D eigenvalue weighted by Crippen LogP contribution is 2.20. The van der Waals surface area contributed by atoms with Crippen molar-refractivity contribution in [1.29, 1.82) is 0 Å². The second-order valence-corrected chi connectivity index (χ2v) is 6.12. The topological polar surface area (TPSA) is 15.7 Å². The molecule has 0 bridgehead atoms. The molecule has 0 saturated carbocycles. The second kappa shape index (κ2) is 7.46. The van der Waals surface area contributed by atoms with Crippen molar-refractivity contribution in [1.82, 2.24) is 9.80 Å². The van der Waals surface area contributed by atoms with Gasteiger partial charge in [-0.25, -0.2) is 0 Å². The molecule has 0 aliphatic carbocycles. The molecule has 2 aliphatic rings. The minimum Gasteiger partial charge on any atom is -0.378 e. The van der Waals surface area contributed by atoms with E-state index in [1.807, 2.05) is 0 Å². The van der Waals surface area contributed by atoms with Crippen molar-refractivity contribution >= 4 is 0 Å². The summed E-state index contributed by atoms with van der Waals surface area (Å²) >= 11 is 0. The van der Waals surface area contributed by atoms with Crippen LogP contribution >= 0.6 is 0 Å². The van der Waals surface area contributed by atoms with Crippen LogP contribution in [0.3, 0.4) is 0 Å². The van der Waals surface area contributed by atoms with E-state index in [0.29, 0.717) is 6.10 Å². The van der Waals surface area contributed by atoms with Gasteiger partial charge in [0.25, 0.3) is 0 Å². The number of likely N-dealkylation sites (tertiary alicyclic amines) is 2. The zero-order valence-electron chi connectivity index (χ0n) is 12.2. The lowest BCUT2D eigenvalue weighted by Crippen LogP contribution is -2.38. The predicted molar refractivity (Wildman–Crippen MR) is 75.9 cm³/mol. The van der Waals surface area contributed by atoms with Crippen molar-refractivity contribution in [2.75, 3.05) is 46.4 Å². The Bertz CT molecular complexity index is 219. The average molecular weight is 254 g/mol. The van der Waals surface area contributed by atoms with E-state index in [1.165, 1.54) is 64.8 Å². The highest BCUT2D eigenvalue weighted by atomic mass is 16.5. The van der Waals surface area contributed by atoms with E-state index in [-0.39, 0.29) is 0 Å². The van der Waals surface area contributed by atoms with Crippen LogP contribution in [0.15, 0.2) is 0 Å². The van der Waals surface area contributed by atoms with Gasteiger partial charge in [-0.1, -0.05) is 6.92 Å². The van der Waals surface area contributed by atoms with Gasteiger partial charge in [-0.15, -0.1) is 0 Å². The first-order valence-electron chi connectivity index (χ1n) is 7.80. The first-order valence-corrected chi connectivity index (χ1v) is 7.80. The molecule has 0 radical (unpaired) electrons. The van der Waals surface area contributed by atoms with Gasteiger partial charge in [0.2, 0.25) is 0 Å². The Morgan fingerprint density at radius 2 is 1.67 bits per heavy atom. The van der Waals surface area contributed by atoms with Crippen LogP contribution < -0.4 is 0 Å². The largest absolute Gasteiger partial charge is 0.378 e. The third-order valence-electron chi connectivity index (χ3n) is 4.48. The number of ether oxygens (including phenoxy) is 1. The van der Waals surface area contributed by atoms with Crippen molar-refractivity contribution in [3.63, 3.8) is 0 Å². The monoisotopic (exact) mass is 254 g/mol. The molecule has 0 unspecified atom stereocenters. The first kappa shape index (κ1) is 14.3. The zero-order valence-corrected chi connectivity index (χ0v) is 12.2. The molecule has 3 nitrogen and oxygen atoms in total. The van der Waals surface area contributed by atoms with E-state index < -0.39 is 0 Å². The van der Waals surface area contributed by atoms with Crippen LogP contribution in [0.2, 0.25) is 0 Å². The molecule has 0 N–H and O–H groups in total. The highest BCUT2D eigenvalue weighted by molar-refractivity contribution is 4.74. The third kappa shape index (κ3) is 4.52. The maximum absolute atomic E-state index is 6.14. The maximum atomic E-state index is 6.14. The van der Waals surface area contributed by atoms with E-state index in [0.717, 1.165) is 12.5 Å². The van der Waals surface area contributed by atoms with Crippen LogP contribution in [0, 0.1) is 5.92 Å². The molecule has 0 aromatic rings. The van der Waals surface area contributed by atoms with Gasteiger partial charge in [-0.2, -0.15) is 0 Å². The minimum atomic E-state index is 0.540. The van der Waals surface area contributed by atoms with E-state index in [4.69, 9.17) is 4.74 Å². The van der Waals surface area contributed by atoms with Gasteiger partial charge in [0.1, 0.15) is 0 Å². The normalized spacial score (nSPS) is 25.7. The molecule has 2 rings (SSSR count). The standard InChI is InChI=1S/C15H30N2O/c1-3-8-17-11-6-15(7-12-17)18-13-14-4-9-16(2)10-5-14/h14-15H,3-13H2,1-2H3. The van der Waals surface area contributed by atoms with Gasteiger partial charge in [0.05, 0.1) is 6.10 Å². The number of piperidine rings is 2. The fourth-order valence-corrected chi connectivity index (χ4v) is 3.12. The summed E-state index contributed by atoms with van der Waals surface area (Å²) in [5.41, 5.74) is 0. The summed E-state index contributed by atoms with van der Waals surface area (Å²) in [6.07, 6.45) is 6.95. The van der Waals surface area contributed by atoms with Crippen LogP contribution in [0.4, 0.5) is 0 Å². The first-order chi connectivity index (χ1) is 8.78. The number of nitrogens with zero attached hydrogens (tertiary/aromatic N) is 2. The summed E-state index contributed by atoms with van der Waals surface area (Å²) in [6.45, 7) is 9.53. The van der Waals surface area contributed by atoms with Crippen LogP contribution in [0.25, 0.3) is 0 Å². The molecule has 0 atom stereocenters. The van der Waals surface area contributed by atoms with E-state index in [2.05, 4.69) is 23.8 Å². The Morgan fingerprint density at radius 3 is 2.28 bits per heavy atom. The Morgan fingerprint density at radius 1 is 1.00 bits per heavy atom. The van der Waals surface area contributed by atoms with Crippen LogP contribution in [-0.4, -0.2) is 62.3 Å². The van der Waals surface area contributed by atoms with Gasteiger partial charge in [-0.05, 0) is 64.7 Å². The lowest BCUT2D eigenvalue weighted by Gasteiger charge is -2.34. The Kier molecular flexibility index (Phi) is 5.93. The fraction of sp³-hybridized carbons (Fsp3) is 1.00. The molecule has 18 heavy (non-hydrogen) atoms. The van der Waals surface area contributed by atoms with Gasteiger partial charge in [-0.3, -0.25) is 0 Å². The van der Waals surface area contributed by atoms with E-state index in [9.17, 15) is 0 Å². The van der Waals surface area contributed by atoms with E-state index in [1.54, 1.807) is 0 Å². The van der Waals surface area contributed by atoms with Gasteiger partial charge in [0.15, 0.2) is 0 Å². The van der Waals surface area contributed by atoms with Crippen molar-refractivity contribution in [2.45, 2.75) is 45.1 Å². The molecule has 2 fully saturated rings. The lowest BCUT2D eigenvalue weighted by molar-refractivity contribution is -0.0179. The second-order valence-electron chi connectivity index (χ2n) is 6.12. The molecule has 2 aliphatic heterocycles. The average Bonchev–Trinajstić information content (AvgIpc) is 2.40. The summed E-state index contributed by atoms with van der Waals surface area (Å²) < 4.78 is 6.14. The molecule has 2 saturated heterocycles. The fourth-order valence-electron chi connectivity index (χ4n) is 3.12. The summed E-state index contributed by atoms with van der Waals surface area (Å²) in [5, 5.41) is 0. The molecular weight excluding hydrogens is 224 g/mol. The number of hydrogen-bond acceptors (Lipinski definition) is 3. The lowest BCUT2D eigenvalue weighted by atomic mass is 9.98. The molecule has 0 aromatic carbocycles. The van der Waals surface area contributed by atoms with Crippen molar-refractivity contribution in [3.8, 4) is 0 Å².